The van der Waals surface area contributed by atoms with Gasteiger partial charge in [-0.3, -0.25) is 10.0 Å². The molecule has 3 aliphatic rings. The van der Waals surface area contributed by atoms with Crippen molar-refractivity contribution in [3.8, 4) is 5.75 Å². The molecule has 0 spiro atoms. The molecule has 8 nitrogen and oxygen atoms in total. The van der Waals surface area contributed by atoms with Crippen LogP contribution in [0.15, 0.2) is 18.2 Å². The van der Waals surface area contributed by atoms with Crippen LogP contribution >= 0.6 is 0 Å². The second-order valence-corrected chi connectivity index (χ2v) is 7.20. The van der Waals surface area contributed by atoms with E-state index < -0.39 is 5.91 Å². The number of nitrogens with one attached hydrogen (secondary N) is 1. The van der Waals surface area contributed by atoms with E-state index in [0.717, 1.165) is 18.4 Å². The number of benzene rings is 1. The van der Waals surface area contributed by atoms with Gasteiger partial charge in [-0.25, -0.2) is 10.3 Å². The monoisotopic (exact) mass is 361 g/mol. The van der Waals surface area contributed by atoms with Crippen molar-refractivity contribution in [2.45, 2.75) is 44.6 Å². The van der Waals surface area contributed by atoms with Crippen molar-refractivity contribution in [2.24, 2.45) is 0 Å². The number of carbonyl (C=O) groups is 2. The largest absolute Gasteiger partial charge is 0.491 e. The maximum atomic E-state index is 13.1. The number of morpholine rings is 1. The minimum atomic E-state index is -0.592. The lowest BCUT2D eigenvalue weighted by Crippen LogP contribution is -2.53. The summed E-state index contributed by atoms with van der Waals surface area (Å²) in [7, 11) is 0. The Balaban J connectivity index is 1.54. The van der Waals surface area contributed by atoms with Gasteiger partial charge < -0.3 is 19.3 Å². The van der Waals surface area contributed by atoms with E-state index in [1.807, 2.05) is 16.7 Å². The summed E-state index contributed by atoms with van der Waals surface area (Å²) in [6.07, 6.45) is 2.35. The van der Waals surface area contributed by atoms with Crippen LogP contribution in [0.25, 0.3) is 0 Å². The lowest BCUT2D eigenvalue weighted by Gasteiger charge is -2.37. The average Bonchev–Trinajstić information content (AvgIpc) is 2.90. The Labute approximate surface area is 151 Å². The van der Waals surface area contributed by atoms with Crippen molar-refractivity contribution < 1.29 is 24.3 Å². The highest BCUT2D eigenvalue weighted by Crippen LogP contribution is 2.30. The Morgan fingerprint density at radius 1 is 1.23 bits per heavy atom. The molecule has 0 aromatic heterocycles. The van der Waals surface area contributed by atoms with Crippen LogP contribution in [0.4, 0.5) is 4.79 Å². The number of hydroxylamine groups is 1. The molecule has 8 heteroatoms. The number of urea groups is 1. The zero-order valence-electron chi connectivity index (χ0n) is 14.7. The number of likely N-dealkylation sites (tertiary alicyclic amines) is 1. The van der Waals surface area contributed by atoms with Gasteiger partial charge in [0.05, 0.1) is 24.8 Å². The smallest absolute Gasteiger partial charge is 0.320 e. The molecule has 26 heavy (non-hydrogen) atoms. The van der Waals surface area contributed by atoms with E-state index >= 15 is 0 Å². The normalized spacial score (nSPS) is 27.4. The number of hydrogen-bond donors (Lipinski definition) is 2. The summed E-state index contributed by atoms with van der Waals surface area (Å²) in [6.45, 7) is 4.01. The highest BCUT2D eigenvalue weighted by atomic mass is 16.5. The first-order valence-electron chi connectivity index (χ1n) is 8.96. The van der Waals surface area contributed by atoms with E-state index in [9.17, 15) is 9.59 Å². The molecule has 1 aromatic rings. The van der Waals surface area contributed by atoms with E-state index in [0.29, 0.717) is 37.6 Å². The van der Waals surface area contributed by atoms with Crippen molar-refractivity contribution in [1.29, 1.82) is 0 Å². The quantitative estimate of drug-likeness (QED) is 0.582. The standard InChI is InChI=1S/C18H23N3O5/c1-11-10-25-16-6-12(17(22)19-24)2-3-13(16)7-21(11)18(23)20-8-14-4-5-15(9-20)26-14/h2-3,6,11,14-15,24H,4-5,7-10H2,1H3,(H,19,22)/t11?,14-,15-/m1/s1. The lowest BCUT2D eigenvalue weighted by atomic mass is 10.1. The summed E-state index contributed by atoms with van der Waals surface area (Å²) < 4.78 is 11.6. The second kappa shape index (κ2) is 6.77. The molecule has 3 atom stereocenters. The predicted octanol–water partition coefficient (Wildman–Crippen LogP) is 1.37. The first-order valence-corrected chi connectivity index (χ1v) is 8.96. The van der Waals surface area contributed by atoms with Crippen LogP contribution in [-0.2, 0) is 11.3 Å². The average molecular weight is 361 g/mol. The molecule has 140 valence electrons. The molecule has 4 rings (SSSR count). The van der Waals surface area contributed by atoms with Crippen LogP contribution < -0.4 is 10.2 Å². The maximum Gasteiger partial charge on any atom is 0.320 e. The van der Waals surface area contributed by atoms with E-state index in [1.165, 1.54) is 0 Å². The molecular weight excluding hydrogens is 338 g/mol. The summed E-state index contributed by atoms with van der Waals surface area (Å²) >= 11 is 0. The van der Waals surface area contributed by atoms with Gasteiger partial charge in [0.2, 0.25) is 0 Å². The third-order valence-electron chi connectivity index (χ3n) is 5.34. The van der Waals surface area contributed by atoms with Crippen molar-refractivity contribution in [2.75, 3.05) is 19.7 Å². The number of carbonyl (C=O) groups excluding carboxylic acids is 2. The molecule has 0 radical (unpaired) electrons. The zero-order chi connectivity index (χ0) is 18.3. The number of hydrogen-bond acceptors (Lipinski definition) is 5. The molecule has 3 amide bonds. The fourth-order valence-electron chi connectivity index (χ4n) is 3.87. The van der Waals surface area contributed by atoms with Gasteiger partial charge in [0.25, 0.3) is 5.91 Å². The van der Waals surface area contributed by atoms with Gasteiger partial charge in [-0.2, -0.15) is 0 Å². The highest BCUT2D eigenvalue weighted by molar-refractivity contribution is 5.93. The number of nitrogens with zero attached hydrogens (tertiary/aromatic N) is 2. The summed E-state index contributed by atoms with van der Waals surface area (Å²) in [5.74, 6) is -0.0271. The van der Waals surface area contributed by atoms with Crippen LogP contribution in [0.1, 0.15) is 35.7 Å². The summed E-state index contributed by atoms with van der Waals surface area (Å²) in [5, 5.41) is 8.79. The molecule has 2 N–H and O–H groups in total. The molecule has 1 aromatic carbocycles. The summed E-state index contributed by atoms with van der Waals surface area (Å²) in [6, 6.07) is 4.89. The van der Waals surface area contributed by atoms with E-state index in [1.54, 1.807) is 23.7 Å². The second-order valence-electron chi connectivity index (χ2n) is 7.20. The van der Waals surface area contributed by atoms with Gasteiger partial charge in [0.15, 0.2) is 0 Å². The molecule has 1 unspecified atom stereocenters. The first-order chi connectivity index (χ1) is 12.5. The predicted molar refractivity (Wildman–Crippen MR) is 91.1 cm³/mol. The van der Waals surface area contributed by atoms with Crippen LogP contribution in [-0.4, -0.2) is 64.9 Å². The number of ether oxygens (including phenoxy) is 2. The third-order valence-corrected chi connectivity index (χ3v) is 5.34. The lowest BCUT2D eigenvalue weighted by molar-refractivity contribution is -0.0306. The number of amides is 3. The Bertz CT molecular complexity index is 713. The van der Waals surface area contributed by atoms with Gasteiger partial charge in [-0.1, -0.05) is 6.07 Å². The summed E-state index contributed by atoms with van der Waals surface area (Å²) in [4.78, 5) is 28.4. The van der Waals surface area contributed by atoms with Gasteiger partial charge in [-0.15, -0.1) is 0 Å². The van der Waals surface area contributed by atoms with Crippen LogP contribution in [0.2, 0.25) is 0 Å². The van der Waals surface area contributed by atoms with Crippen LogP contribution in [0.5, 0.6) is 5.75 Å². The molecule has 3 heterocycles. The van der Waals surface area contributed by atoms with Crippen LogP contribution in [0, 0.1) is 0 Å². The van der Waals surface area contributed by atoms with Crippen molar-refractivity contribution in [1.82, 2.24) is 15.3 Å². The van der Waals surface area contributed by atoms with Gasteiger partial charge in [-0.05, 0) is 31.9 Å². The third kappa shape index (κ3) is 3.10. The SMILES string of the molecule is CC1COc2cc(C(=O)NO)ccc2CN1C(=O)N1C[C@H]2CC[C@H](C1)O2. The highest BCUT2D eigenvalue weighted by Gasteiger charge is 2.38. The van der Waals surface area contributed by atoms with Gasteiger partial charge in [0, 0.05) is 24.2 Å². The fraction of sp³-hybridized carbons (Fsp3) is 0.556. The number of rotatable bonds is 1. The Morgan fingerprint density at radius 2 is 1.96 bits per heavy atom. The molecule has 2 bridgehead atoms. The van der Waals surface area contributed by atoms with Crippen molar-refractivity contribution in [3.63, 3.8) is 0 Å². The van der Waals surface area contributed by atoms with E-state index in [-0.39, 0.29) is 24.3 Å². The van der Waals surface area contributed by atoms with Gasteiger partial charge >= 0.3 is 6.03 Å². The maximum absolute atomic E-state index is 13.1. The molecule has 2 fully saturated rings. The van der Waals surface area contributed by atoms with Gasteiger partial charge in [0.1, 0.15) is 12.4 Å². The first kappa shape index (κ1) is 17.1. The van der Waals surface area contributed by atoms with Crippen LogP contribution in [0.3, 0.4) is 0 Å². The van der Waals surface area contributed by atoms with E-state index in [2.05, 4.69) is 0 Å². The topological polar surface area (TPSA) is 91.3 Å². The van der Waals surface area contributed by atoms with Crippen molar-refractivity contribution in [3.05, 3.63) is 29.3 Å². The molecule has 2 saturated heterocycles. The Morgan fingerprint density at radius 3 is 2.65 bits per heavy atom. The molecule has 3 aliphatic heterocycles. The molecular formula is C18H23N3O5. The number of fused-ring (bicyclic) bond motifs is 3. The minimum Gasteiger partial charge on any atom is -0.491 e. The zero-order valence-corrected chi connectivity index (χ0v) is 14.7. The Kier molecular flexibility index (Phi) is 4.46. The summed E-state index contributed by atoms with van der Waals surface area (Å²) in [5.41, 5.74) is 2.77. The Hall–Kier alpha value is -2.32. The van der Waals surface area contributed by atoms with E-state index in [4.69, 9.17) is 14.7 Å². The minimum absolute atomic E-state index is 0.00586. The molecule has 0 aliphatic carbocycles. The fourth-order valence-corrected chi connectivity index (χ4v) is 3.87. The molecule has 0 saturated carbocycles. The van der Waals surface area contributed by atoms with Crippen molar-refractivity contribution >= 4 is 11.9 Å².